The number of benzene rings is 5. The third kappa shape index (κ3) is 3.40. The Balaban J connectivity index is 1.61. The zero-order valence-corrected chi connectivity index (χ0v) is 21.6. The Labute approximate surface area is 221 Å². The van der Waals surface area contributed by atoms with E-state index in [1.54, 1.807) is 12.7 Å². The monoisotopic (exact) mass is 504 g/mol. The molecular formula is C33H24N4Si. The number of aromatic nitrogens is 4. The van der Waals surface area contributed by atoms with Gasteiger partial charge in [0.2, 0.25) is 8.07 Å². The molecule has 180 valence electrons. The summed E-state index contributed by atoms with van der Waals surface area (Å²) in [6.07, 6.45) is 3.24. The molecule has 0 spiro atoms. The first-order valence-electron chi connectivity index (χ1n) is 12.7. The highest BCUT2D eigenvalue weighted by atomic mass is 28.3. The van der Waals surface area contributed by atoms with Crippen LogP contribution in [-0.2, 0) is 0 Å². The minimum absolute atomic E-state index is 0.830. The molecule has 7 aromatic rings. The van der Waals surface area contributed by atoms with Crippen molar-refractivity contribution >= 4 is 50.9 Å². The van der Waals surface area contributed by atoms with Gasteiger partial charge in [-0.3, -0.25) is 0 Å². The molecule has 7 rings (SSSR count). The lowest BCUT2D eigenvalue weighted by Crippen LogP contribution is -2.76. The van der Waals surface area contributed by atoms with Crippen LogP contribution in [0.15, 0.2) is 146 Å². The lowest BCUT2D eigenvalue weighted by molar-refractivity contribution is 1.08. The number of fused-ring (bicyclic) bond motifs is 3. The third-order valence-corrected chi connectivity index (χ3v) is 11.9. The van der Waals surface area contributed by atoms with Crippen molar-refractivity contribution < 1.29 is 0 Å². The van der Waals surface area contributed by atoms with Crippen molar-refractivity contribution in [2.75, 3.05) is 0 Å². The SMILES string of the molecule is c1ccc(-n2c3ccccc3c3cc([Si](c4ccccc4)(c4ccccc4)c4ncncn4)ccc32)cc1. The molecule has 4 nitrogen and oxygen atoms in total. The molecule has 0 atom stereocenters. The zero-order valence-electron chi connectivity index (χ0n) is 20.6. The van der Waals surface area contributed by atoms with E-state index in [9.17, 15) is 0 Å². The van der Waals surface area contributed by atoms with Crippen molar-refractivity contribution in [3.63, 3.8) is 0 Å². The number of para-hydroxylation sites is 2. The molecule has 0 radical (unpaired) electrons. The van der Waals surface area contributed by atoms with E-state index >= 15 is 0 Å². The van der Waals surface area contributed by atoms with Crippen LogP contribution in [0.4, 0.5) is 0 Å². The Bertz CT molecular complexity index is 1760. The van der Waals surface area contributed by atoms with Crippen LogP contribution in [0.5, 0.6) is 0 Å². The quantitative estimate of drug-likeness (QED) is 0.259. The predicted octanol–water partition coefficient (Wildman–Crippen LogP) is 4.35. The molecule has 2 aromatic heterocycles. The van der Waals surface area contributed by atoms with Gasteiger partial charge in [0.1, 0.15) is 18.1 Å². The summed E-state index contributed by atoms with van der Waals surface area (Å²) in [5, 5.41) is 6.17. The van der Waals surface area contributed by atoms with Crippen LogP contribution < -0.4 is 21.0 Å². The van der Waals surface area contributed by atoms with E-state index in [0.717, 1.165) is 11.1 Å². The zero-order chi connectivity index (χ0) is 25.4. The van der Waals surface area contributed by atoms with E-state index < -0.39 is 8.07 Å². The van der Waals surface area contributed by atoms with Crippen LogP contribution in [0.1, 0.15) is 0 Å². The molecule has 0 aliphatic heterocycles. The van der Waals surface area contributed by atoms with Gasteiger partial charge in [-0.25, -0.2) is 15.0 Å². The highest BCUT2D eigenvalue weighted by molar-refractivity contribution is 7.19. The van der Waals surface area contributed by atoms with Crippen molar-refractivity contribution in [1.82, 2.24) is 19.5 Å². The fourth-order valence-electron chi connectivity index (χ4n) is 5.76. The Morgan fingerprint density at radius 1 is 0.474 bits per heavy atom. The summed E-state index contributed by atoms with van der Waals surface area (Å²) < 4.78 is 2.35. The molecule has 38 heavy (non-hydrogen) atoms. The molecule has 5 heteroatoms. The van der Waals surface area contributed by atoms with Crippen LogP contribution in [0.2, 0.25) is 0 Å². The largest absolute Gasteiger partial charge is 0.309 e. The molecule has 2 heterocycles. The van der Waals surface area contributed by atoms with Gasteiger partial charge in [-0.15, -0.1) is 0 Å². The summed E-state index contributed by atoms with van der Waals surface area (Å²) in [6, 6.07) is 47.6. The van der Waals surface area contributed by atoms with Crippen LogP contribution in [0.25, 0.3) is 27.5 Å². The maximum absolute atomic E-state index is 4.81. The average Bonchev–Trinajstić information content (AvgIpc) is 3.34. The Kier molecular flexibility index (Phi) is 5.41. The van der Waals surface area contributed by atoms with Crippen molar-refractivity contribution in [2.45, 2.75) is 0 Å². The van der Waals surface area contributed by atoms with E-state index in [1.165, 1.54) is 37.4 Å². The molecule has 0 fully saturated rings. The molecule has 0 saturated heterocycles. The standard InChI is InChI=1S/C33H24N4Si/c1-4-12-25(13-5-1)37-31-19-11-10-18-29(31)30-22-28(20-21-32(30)37)38(26-14-6-2-7-15-26,27-16-8-3-9-17-27)33-35-23-34-24-36-33/h1-24H. The molecule has 0 aliphatic rings. The minimum atomic E-state index is -2.85. The van der Waals surface area contributed by atoms with Crippen molar-refractivity contribution in [1.29, 1.82) is 0 Å². The first-order valence-corrected chi connectivity index (χ1v) is 14.7. The second-order valence-electron chi connectivity index (χ2n) is 9.36. The highest BCUT2D eigenvalue weighted by Crippen LogP contribution is 2.31. The molecule has 5 aromatic carbocycles. The lowest BCUT2D eigenvalue weighted by atomic mass is 10.1. The Hall–Kier alpha value is -4.87. The number of nitrogens with zero attached hydrogens (tertiary/aromatic N) is 4. The van der Waals surface area contributed by atoms with Gasteiger partial charge in [0.15, 0.2) is 0 Å². The second kappa shape index (κ2) is 9.21. The average molecular weight is 505 g/mol. The fraction of sp³-hybridized carbons (Fsp3) is 0. The first kappa shape index (κ1) is 22.3. The summed E-state index contributed by atoms with van der Waals surface area (Å²) in [7, 11) is -2.85. The summed E-state index contributed by atoms with van der Waals surface area (Å²) in [5.74, 6) is 0. The predicted molar refractivity (Wildman–Crippen MR) is 158 cm³/mol. The highest BCUT2D eigenvalue weighted by Gasteiger charge is 2.44. The number of hydrogen-bond donors (Lipinski definition) is 0. The summed E-state index contributed by atoms with van der Waals surface area (Å²) >= 11 is 0. The first-order chi connectivity index (χ1) is 18.9. The second-order valence-corrected chi connectivity index (χ2v) is 13.0. The van der Waals surface area contributed by atoms with E-state index in [1.807, 2.05) is 0 Å². The number of hydrogen-bond acceptors (Lipinski definition) is 3. The van der Waals surface area contributed by atoms with E-state index in [0.29, 0.717) is 0 Å². The van der Waals surface area contributed by atoms with Gasteiger partial charge in [-0.1, -0.05) is 109 Å². The summed E-state index contributed by atoms with van der Waals surface area (Å²) in [6.45, 7) is 0. The van der Waals surface area contributed by atoms with E-state index in [-0.39, 0.29) is 0 Å². The van der Waals surface area contributed by atoms with Crippen LogP contribution in [0, 0.1) is 0 Å². The van der Waals surface area contributed by atoms with Crippen molar-refractivity contribution in [2.24, 2.45) is 0 Å². The van der Waals surface area contributed by atoms with Gasteiger partial charge < -0.3 is 4.57 Å². The lowest BCUT2D eigenvalue weighted by Gasteiger charge is -2.31. The van der Waals surface area contributed by atoms with Gasteiger partial charge in [0.25, 0.3) is 0 Å². The molecule has 0 N–H and O–H groups in total. The van der Waals surface area contributed by atoms with Gasteiger partial charge in [0, 0.05) is 16.5 Å². The Morgan fingerprint density at radius 3 is 1.68 bits per heavy atom. The van der Waals surface area contributed by atoms with Crippen molar-refractivity contribution in [3.8, 4) is 5.69 Å². The molecule has 0 amide bonds. The third-order valence-electron chi connectivity index (χ3n) is 7.36. The Morgan fingerprint density at radius 2 is 1.03 bits per heavy atom. The maximum Gasteiger partial charge on any atom is 0.226 e. The van der Waals surface area contributed by atoms with E-state index in [2.05, 4.69) is 143 Å². The number of rotatable bonds is 5. The molecule has 0 unspecified atom stereocenters. The van der Waals surface area contributed by atoms with Gasteiger partial charge in [-0.05, 0) is 39.8 Å². The van der Waals surface area contributed by atoms with Crippen molar-refractivity contribution in [3.05, 3.63) is 146 Å². The maximum atomic E-state index is 4.81. The van der Waals surface area contributed by atoms with Crippen LogP contribution >= 0.6 is 0 Å². The van der Waals surface area contributed by atoms with Crippen LogP contribution in [-0.4, -0.2) is 27.6 Å². The summed E-state index contributed by atoms with van der Waals surface area (Å²) in [5.41, 5.74) is 4.35. The molecule has 0 aliphatic carbocycles. The molecule has 0 saturated carbocycles. The minimum Gasteiger partial charge on any atom is -0.309 e. The molecule has 0 bridgehead atoms. The topological polar surface area (TPSA) is 43.6 Å². The van der Waals surface area contributed by atoms with Gasteiger partial charge >= 0.3 is 0 Å². The fourth-order valence-corrected chi connectivity index (χ4v) is 10.1. The smallest absolute Gasteiger partial charge is 0.226 e. The van der Waals surface area contributed by atoms with Crippen LogP contribution in [0.3, 0.4) is 0 Å². The normalized spacial score (nSPS) is 11.7. The molecular weight excluding hydrogens is 480 g/mol. The van der Waals surface area contributed by atoms with Gasteiger partial charge in [-0.2, -0.15) is 0 Å². The van der Waals surface area contributed by atoms with E-state index in [4.69, 9.17) is 9.97 Å². The van der Waals surface area contributed by atoms with Gasteiger partial charge in [0.05, 0.1) is 11.0 Å². The summed E-state index contributed by atoms with van der Waals surface area (Å²) in [4.78, 5) is 13.8.